The second-order valence-electron chi connectivity index (χ2n) is 4.17. The Morgan fingerprint density at radius 2 is 1.88 bits per heavy atom. The summed E-state index contributed by atoms with van der Waals surface area (Å²) in [7, 11) is 1.29. The van der Waals surface area contributed by atoms with Gasteiger partial charge in [-0.25, -0.2) is 4.79 Å². The first kappa shape index (κ1) is 15.9. The predicted octanol–water partition coefficient (Wildman–Crippen LogP) is 2.99. The van der Waals surface area contributed by atoms with Gasteiger partial charge in [-0.3, -0.25) is 0 Å². The SMILES string of the molecule is C=CCCCCCCC[C@@H](O)C(=C)C(=O)OC. The molecule has 0 aromatic carbocycles. The number of aliphatic hydroxyl groups excluding tert-OH is 1. The maximum atomic E-state index is 11.1. The zero-order valence-electron chi connectivity index (χ0n) is 10.8. The lowest BCUT2D eigenvalue weighted by molar-refractivity contribution is -0.137. The van der Waals surface area contributed by atoms with E-state index in [1.807, 2.05) is 6.08 Å². The molecule has 0 heterocycles. The summed E-state index contributed by atoms with van der Waals surface area (Å²) in [5.74, 6) is -0.525. The normalized spacial score (nSPS) is 11.9. The lowest BCUT2D eigenvalue weighted by Crippen LogP contribution is -2.18. The van der Waals surface area contributed by atoms with E-state index >= 15 is 0 Å². The third-order valence-corrected chi connectivity index (χ3v) is 2.74. The van der Waals surface area contributed by atoms with Gasteiger partial charge < -0.3 is 9.84 Å². The summed E-state index contributed by atoms with van der Waals surface area (Å²) in [4.78, 5) is 11.1. The first-order valence-electron chi connectivity index (χ1n) is 6.19. The largest absolute Gasteiger partial charge is 0.466 e. The lowest BCUT2D eigenvalue weighted by atomic mass is 10.0. The van der Waals surface area contributed by atoms with Crippen LogP contribution in [0.5, 0.6) is 0 Å². The van der Waals surface area contributed by atoms with Crippen molar-refractivity contribution in [2.24, 2.45) is 0 Å². The summed E-state index contributed by atoms with van der Waals surface area (Å²) in [6.07, 6.45) is 8.33. The molecule has 3 nitrogen and oxygen atoms in total. The minimum absolute atomic E-state index is 0.152. The van der Waals surface area contributed by atoms with Crippen molar-refractivity contribution >= 4 is 5.97 Å². The molecule has 0 saturated heterocycles. The number of carbonyl (C=O) groups excluding carboxylic acids is 1. The van der Waals surface area contributed by atoms with Crippen LogP contribution in [-0.2, 0) is 9.53 Å². The number of allylic oxidation sites excluding steroid dienone is 1. The first-order valence-corrected chi connectivity index (χ1v) is 6.19. The number of ether oxygens (including phenoxy) is 1. The third kappa shape index (κ3) is 7.75. The van der Waals surface area contributed by atoms with Crippen LogP contribution in [0, 0.1) is 0 Å². The number of hydrogen-bond acceptors (Lipinski definition) is 3. The molecule has 0 unspecified atom stereocenters. The van der Waals surface area contributed by atoms with Crippen molar-refractivity contribution in [3.8, 4) is 0 Å². The molecule has 0 aliphatic heterocycles. The van der Waals surface area contributed by atoms with Gasteiger partial charge in [0.15, 0.2) is 0 Å². The van der Waals surface area contributed by atoms with Crippen LogP contribution < -0.4 is 0 Å². The molecule has 0 saturated carbocycles. The van der Waals surface area contributed by atoms with Gasteiger partial charge in [-0.2, -0.15) is 0 Å². The highest BCUT2D eigenvalue weighted by Gasteiger charge is 2.15. The van der Waals surface area contributed by atoms with Crippen molar-refractivity contribution in [3.63, 3.8) is 0 Å². The molecule has 0 aromatic rings. The van der Waals surface area contributed by atoms with Gasteiger partial charge in [0, 0.05) is 0 Å². The van der Waals surface area contributed by atoms with Crippen molar-refractivity contribution in [3.05, 3.63) is 24.8 Å². The predicted molar refractivity (Wildman–Crippen MR) is 69.7 cm³/mol. The maximum Gasteiger partial charge on any atom is 0.335 e. The summed E-state index contributed by atoms with van der Waals surface area (Å²) in [5.41, 5.74) is 0.152. The fraction of sp³-hybridized carbons (Fsp3) is 0.643. The van der Waals surface area contributed by atoms with Crippen LogP contribution in [-0.4, -0.2) is 24.3 Å². The van der Waals surface area contributed by atoms with Crippen LogP contribution in [0.15, 0.2) is 24.8 Å². The fourth-order valence-electron chi connectivity index (χ4n) is 1.60. The minimum Gasteiger partial charge on any atom is -0.466 e. The highest BCUT2D eigenvalue weighted by molar-refractivity contribution is 5.88. The smallest absolute Gasteiger partial charge is 0.335 e. The van der Waals surface area contributed by atoms with Crippen molar-refractivity contribution in [1.29, 1.82) is 0 Å². The van der Waals surface area contributed by atoms with Crippen molar-refractivity contribution in [1.82, 2.24) is 0 Å². The van der Waals surface area contributed by atoms with Crippen molar-refractivity contribution in [2.75, 3.05) is 7.11 Å². The molecular weight excluding hydrogens is 216 g/mol. The van der Waals surface area contributed by atoms with E-state index in [-0.39, 0.29) is 5.57 Å². The number of aliphatic hydroxyl groups is 1. The Hall–Kier alpha value is -1.09. The number of carbonyl (C=O) groups is 1. The molecule has 0 aliphatic carbocycles. The minimum atomic E-state index is -0.768. The third-order valence-electron chi connectivity index (χ3n) is 2.74. The lowest BCUT2D eigenvalue weighted by Gasteiger charge is -2.11. The van der Waals surface area contributed by atoms with Gasteiger partial charge in [-0.05, 0) is 19.3 Å². The van der Waals surface area contributed by atoms with E-state index < -0.39 is 12.1 Å². The second-order valence-corrected chi connectivity index (χ2v) is 4.17. The van der Waals surface area contributed by atoms with Crippen LogP contribution in [0.4, 0.5) is 0 Å². The van der Waals surface area contributed by atoms with E-state index in [0.717, 1.165) is 25.7 Å². The van der Waals surface area contributed by atoms with E-state index in [4.69, 9.17) is 0 Å². The number of rotatable bonds is 10. The van der Waals surface area contributed by atoms with Crippen LogP contribution in [0.3, 0.4) is 0 Å². The van der Waals surface area contributed by atoms with E-state index in [9.17, 15) is 9.90 Å². The molecule has 0 radical (unpaired) electrons. The fourth-order valence-corrected chi connectivity index (χ4v) is 1.60. The average molecular weight is 240 g/mol. The monoisotopic (exact) mass is 240 g/mol. The molecule has 3 heteroatoms. The van der Waals surface area contributed by atoms with Crippen LogP contribution in [0.25, 0.3) is 0 Å². The van der Waals surface area contributed by atoms with Crippen LogP contribution in [0.1, 0.15) is 44.9 Å². The summed E-state index contributed by atoms with van der Waals surface area (Å²) >= 11 is 0. The molecule has 17 heavy (non-hydrogen) atoms. The number of methoxy groups -OCH3 is 1. The van der Waals surface area contributed by atoms with Gasteiger partial charge in [0.2, 0.25) is 0 Å². The number of hydrogen-bond donors (Lipinski definition) is 1. The highest BCUT2D eigenvalue weighted by Crippen LogP contribution is 2.13. The van der Waals surface area contributed by atoms with Gasteiger partial charge in [0.25, 0.3) is 0 Å². The van der Waals surface area contributed by atoms with Crippen molar-refractivity contribution in [2.45, 2.75) is 51.0 Å². The molecular formula is C14H24O3. The Kier molecular flexibility index (Phi) is 9.44. The molecule has 98 valence electrons. The Bertz CT molecular complexity index is 246. The highest BCUT2D eigenvalue weighted by atomic mass is 16.5. The van der Waals surface area contributed by atoms with E-state index in [2.05, 4.69) is 17.9 Å². The quantitative estimate of drug-likeness (QED) is 0.276. The van der Waals surface area contributed by atoms with Gasteiger partial charge in [0.05, 0.1) is 18.8 Å². The Balaban J connectivity index is 3.51. The molecule has 0 spiro atoms. The summed E-state index contributed by atoms with van der Waals surface area (Å²) in [6, 6.07) is 0. The number of esters is 1. The average Bonchev–Trinajstić information content (AvgIpc) is 2.35. The first-order chi connectivity index (χ1) is 8.13. The second kappa shape index (κ2) is 10.1. The van der Waals surface area contributed by atoms with E-state index in [1.54, 1.807) is 0 Å². The van der Waals surface area contributed by atoms with E-state index in [0.29, 0.717) is 6.42 Å². The van der Waals surface area contributed by atoms with Crippen LogP contribution in [0.2, 0.25) is 0 Å². The van der Waals surface area contributed by atoms with Gasteiger partial charge in [-0.1, -0.05) is 38.3 Å². The number of unbranched alkanes of at least 4 members (excludes halogenated alkanes) is 5. The Morgan fingerprint density at radius 3 is 2.47 bits per heavy atom. The molecule has 0 aliphatic rings. The zero-order valence-corrected chi connectivity index (χ0v) is 10.8. The van der Waals surface area contributed by atoms with Crippen LogP contribution >= 0.6 is 0 Å². The Morgan fingerprint density at radius 1 is 1.29 bits per heavy atom. The van der Waals surface area contributed by atoms with Gasteiger partial charge in [0.1, 0.15) is 0 Å². The molecule has 0 rings (SSSR count). The topological polar surface area (TPSA) is 46.5 Å². The van der Waals surface area contributed by atoms with Gasteiger partial charge >= 0.3 is 5.97 Å². The molecule has 0 bridgehead atoms. The Labute approximate surface area is 104 Å². The molecule has 1 atom stereocenters. The molecule has 0 fully saturated rings. The van der Waals surface area contributed by atoms with Crippen molar-refractivity contribution < 1.29 is 14.6 Å². The maximum absolute atomic E-state index is 11.1. The standard InChI is InChI=1S/C14H24O3/c1-4-5-6-7-8-9-10-11-13(15)12(2)14(16)17-3/h4,13,15H,1-2,5-11H2,3H3/t13-/m1/s1. The summed E-state index contributed by atoms with van der Waals surface area (Å²) in [6.45, 7) is 7.20. The summed E-state index contributed by atoms with van der Waals surface area (Å²) < 4.78 is 4.50. The molecule has 0 amide bonds. The zero-order chi connectivity index (χ0) is 13.1. The summed E-state index contributed by atoms with van der Waals surface area (Å²) in [5, 5.41) is 9.65. The van der Waals surface area contributed by atoms with Gasteiger partial charge in [-0.15, -0.1) is 6.58 Å². The molecule has 1 N–H and O–H groups in total. The van der Waals surface area contributed by atoms with E-state index in [1.165, 1.54) is 20.0 Å². The molecule has 0 aromatic heterocycles.